The molecule has 3 rings (SSSR count). The number of carbonyl (C=O) groups is 1. The van der Waals surface area contributed by atoms with Crippen LogP contribution in [-0.2, 0) is 15.3 Å². The molecule has 0 radical (unpaired) electrons. The summed E-state index contributed by atoms with van der Waals surface area (Å²) in [6.45, 7) is -0.557. The second-order valence-electron chi connectivity index (χ2n) is 4.94. The van der Waals surface area contributed by atoms with Gasteiger partial charge in [-0.15, -0.1) is 0 Å². The molecule has 0 bridgehead atoms. The summed E-state index contributed by atoms with van der Waals surface area (Å²) in [7, 11) is 0. The molecular formula is C11H13N5O6. The Balaban J connectivity index is 2.23. The van der Waals surface area contributed by atoms with Crippen molar-refractivity contribution in [1.29, 1.82) is 0 Å². The van der Waals surface area contributed by atoms with Crippen molar-refractivity contribution in [3.05, 3.63) is 16.7 Å². The molecule has 1 aliphatic rings. The minimum absolute atomic E-state index is 0.0885. The van der Waals surface area contributed by atoms with Gasteiger partial charge in [0.15, 0.2) is 11.2 Å². The monoisotopic (exact) mass is 311 g/mol. The van der Waals surface area contributed by atoms with Crippen LogP contribution in [0.2, 0.25) is 0 Å². The molecule has 0 unspecified atom stereocenters. The van der Waals surface area contributed by atoms with E-state index in [0.29, 0.717) is 0 Å². The van der Waals surface area contributed by atoms with Crippen molar-refractivity contribution in [2.45, 2.75) is 24.4 Å². The smallest absolute Gasteiger partial charge is 0.358 e. The van der Waals surface area contributed by atoms with Gasteiger partial charge in [-0.25, -0.2) is 9.78 Å². The highest BCUT2D eigenvalue weighted by Crippen LogP contribution is 2.37. The Morgan fingerprint density at radius 1 is 1.64 bits per heavy atom. The van der Waals surface area contributed by atoms with E-state index in [4.69, 9.17) is 15.6 Å². The average molecular weight is 311 g/mol. The van der Waals surface area contributed by atoms with E-state index in [1.807, 2.05) is 0 Å². The molecule has 118 valence electrons. The number of aromatic amines is 1. The number of hydrogen-bond donors (Lipinski definition) is 5. The molecule has 1 aliphatic heterocycles. The predicted molar refractivity (Wildman–Crippen MR) is 70.8 cm³/mol. The summed E-state index contributed by atoms with van der Waals surface area (Å²) in [5, 5.41) is 28.6. The third-order valence-corrected chi connectivity index (χ3v) is 3.59. The molecule has 22 heavy (non-hydrogen) atoms. The first-order chi connectivity index (χ1) is 10.4. The summed E-state index contributed by atoms with van der Waals surface area (Å²) in [6.07, 6.45) is -1.54. The summed E-state index contributed by atoms with van der Waals surface area (Å²) in [4.78, 5) is 33.4. The lowest BCUT2D eigenvalue weighted by Crippen LogP contribution is -2.42. The lowest BCUT2D eigenvalue weighted by Gasteiger charge is -2.25. The molecule has 1 fully saturated rings. The predicted octanol–water partition coefficient (Wildman–Crippen LogP) is -2.42. The lowest BCUT2D eigenvalue weighted by molar-refractivity contribution is -0.181. The summed E-state index contributed by atoms with van der Waals surface area (Å²) >= 11 is 0. The fourth-order valence-electron chi connectivity index (χ4n) is 2.54. The van der Waals surface area contributed by atoms with Crippen LogP contribution in [0, 0.1) is 0 Å². The van der Waals surface area contributed by atoms with Gasteiger partial charge >= 0.3 is 5.97 Å². The molecule has 0 aromatic carbocycles. The van der Waals surface area contributed by atoms with Crippen molar-refractivity contribution in [2.24, 2.45) is 0 Å². The number of nitrogens with one attached hydrogen (secondary N) is 1. The highest BCUT2D eigenvalue weighted by Gasteiger charge is 2.54. The van der Waals surface area contributed by atoms with Crippen LogP contribution in [0.25, 0.3) is 11.2 Å². The number of nitrogens with two attached hydrogens (primary N) is 1. The van der Waals surface area contributed by atoms with Gasteiger partial charge in [0.25, 0.3) is 5.56 Å². The number of nitrogen functional groups attached to an aromatic ring is 1. The summed E-state index contributed by atoms with van der Waals surface area (Å²) < 4.78 is 6.36. The molecule has 2 aromatic heterocycles. The number of H-pyrrole nitrogens is 1. The molecule has 2 aromatic rings. The Morgan fingerprint density at radius 2 is 2.36 bits per heavy atom. The Hall–Kier alpha value is -2.50. The molecule has 11 nitrogen and oxygen atoms in total. The van der Waals surface area contributed by atoms with Crippen molar-refractivity contribution in [3.8, 4) is 0 Å². The first-order valence-corrected chi connectivity index (χ1v) is 6.32. The number of imidazole rings is 1. The van der Waals surface area contributed by atoms with E-state index in [1.54, 1.807) is 0 Å². The Morgan fingerprint density at radius 3 is 2.95 bits per heavy atom. The molecule has 0 saturated carbocycles. The molecule has 3 heterocycles. The third kappa shape index (κ3) is 1.87. The van der Waals surface area contributed by atoms with Crippen LogP contribution < -0.4 is 11.3 Å². The third-order valence-electron chi connectivity index (χ3n) is 3.59. The number of aromatic nitrogens is 4. The van der Waals surface area contributed by atoms with Crippen LogP contribution >= 0.6 is 0 Å². The van der Waals surface area contributed by atoms with Gasteiger partial charge in [-0.2, -0.15) is 4.98 Å². The lowest BCUT2D eigenvalue weighted by atomic mass is 10.1. The van der Waals surface area contributed by atoms with Gasteiger partial charge in [-0.3, -0.25) is 14.3 Å². The number of carboxylic acid groups (broad SMARTS) is 1. The summed E-state index contributed by atoms with van der Waals surface area (Å²) in [5.74, 6) is -1.63. The topological polar surface area (TPSA) is 177 Å². The Kier molecular flexibility index (Phi) is 3.12. The molecule has 0 amide bonds. The first-order valence-electron chi connectivity index (χ1n) is 6.32. The van der Waals surface area contributed by atoms with E-state index in [-0.39, 0.29) is 23.5 Å². The second kappa shape index (κ2) is 4.76. The standard InChI is InChI=1S/C11H13N5O6/c12-10-14-7-6(8(19)15-10)13-3-16(7)11(9(20)21)1-4(18)5(2-17)22-11/h3-5,17-18H,1-2H2,(H,20,21)(H3,12,14,15,19)/t4-,5+,11-/m0/s1. The molecule has 6 N–H and O–H groups in total. The van der Waals surface area contributed by atoms with Crippen molar-refractivity contribution in [1.82, 2.24) is 19.5 Å². The van der Waals surface area contributed by atoms with Gasteiger partial charge in [-0.1, -0.05) is 0 Å². The average Bonchev–Trinajstić information content (AvgIpc) is 3.00. The van der Waals surface area contributed by atoms with E-state index < -0.39 is 36.1 Å². The normalized spacial score (nSPS) is 28.3. The van der Waals surface area contributed by atoms with Crippen molar-refractivity contribution in [2.75, 3.05) is 12.3 Å². The number of rotatable bonds is 3. The first kappa shape index (κ1) is 14.4. The number of fused-ring (bicyclic) bond motifs is 1. The number of anilines is 1. The van der Waals surface area contributed by atoms with E-state index in [1.165, 1.54) is 0 Å². The van der Waals surface area contributed by atoms with Crippen molar-refractivity contribution in [3.63, 3.8) is 0 Å². The Labute approximate surface area is 122 Å². The minimum atomic E-state index is -2.03. The zero-order chi connectivity index (χ0) is 16.1. The SMILES string of the molecule is Nc1nc2c(ncn2[C@@]2(C(=O)O)C[C@H](O)[C@@H](CO)O2)c(=O)[nH]1. The number of nitrogens with zero attached hydrogens (tertiary/aromatic N) is 3. The molecule has 0 aliphatic carbocycles. The van der Waals surface area contributed by atoms with Gasteiger partial charge in [-0.05, 0) is 0 Å². The van der Waals surface area contributed by atoms with Crippen molar-refractivity contribution >= 4 is 23.1 Å². The van der Waals surface area contributed by atoms with E-state index in [9.17, 15) is 19.8 Å². The maximum Gasteiger partial charge on any atom is 0.358 e. The van der Waals surface area contributed by atoms with Gasteiger partial charge in [0, 0.05) is 6.42 Å². The maximum absolute atomic E-state index is 11.8. The quantitative estimate of drug-likeness (QED) is 0.412. The summed E-state index contributed by atoms with van der Waals surface area (Å²) in [5.41, 5.74) is 2.61. The van der Waals surface area contributed by atoms with E-state index in [0.717, 1.165) is 10.9 Å². The Bertz CT molecular complexity index is 800. The molecule has 3 atom stereocenters. The van der Waals surface area contributed by atoms with Crippen LogP contribution in [0.4, 0.5) is 5.95 Å². The van der Waals surface area contributed by atoms with Crippen LogP contribution in [0.3, 0.4) is 0 Å². The van der Waals surface area contributed by atoms with Crippen molar-refractivity contribution < 1.29 is 24.9 Å². The highest BCUT2D eigenvalue weighted by atomic mass is 16.6. The van der Waals surface area contributed by atoms with Crippen LogP contribution in [0.1, 0.15) is 6.42 Å². The minimum Gasteiger partial charge on any atom is -0.478 e. The highest BCUT2D eigenvalue weighted by molar-refractivity contribution is 5.80. The van der Waals surface area contributed by atoms with Crippen LogP contribution in [0.5, 0.6) is 0 Å². The van der Waals surface area contributed by atoms with E-state index in [2.05, 4.69) is 15.0 Å². The number of aliphatic carboxylic acids is 1. The van der Waals surface area contributed by atoms with Gasteiger partial charge in [0.1, 0.15) is 12.4 Å². The molecule has 11 heteroatoms. The zero-order valence-electron chi connectivity index (χ0n) is 11.1. The molecule has 0 spiro atoms. The molecular weight excluding hydrogens is 298 g/mol. The number of aliphatic hydroxyl groups excluding tert-OH is 2. The van der Waals surface area contributed by atoms with Crippen LogP contribution in [-0.4, -0.2) is 59.6 Å². The fourth-order valence-corrected chi connectivity index (χ4v) is 2.54. The van der Waals surface area contributed by atoms with Crippen LogP contribution in [0.15, 0.2) is 11.1 Å². The number of carboxylic acids is 1. The second-order valence-corrected chi connectivity index (χ2v) is 4.94. The number of ether oxygens (including phenoxy) is 1. The van der Waals surface area contributed by atoms with Gasteiger partial charge in [0.05, 0.1) is 12.7 Å². The number of aliphatic hydroxyl groups is 2. The zero-order valence-corrected chi connectivity index (χ0v) is 11.1. The molecule has 1 saturated heterocycles. The summed E-state index contributed by atoms with van der Waals surface area (Å²) in [6, 6.07) is 0. The largest absolute Gasteiger partial charge is 0.478 e. The van der Waals surface area contributed by atoms with E-state index >= 15 is 0 Å². The number of hydrogen-bond acceptors (Lipinski definition) is 8. The van der Waals surface area contributed by atoms with Gasteiger partial charge < -0.3 is 25.8 Å². The fraction of sp³-hybridized carbons (Fsp3) is 0.455. The maximum atomic E-state index is 11.8. The van der Waals surface area contributed by atoms with Gasteiger partial charge in [0.2, 0.25) is 11.7 Å².